The molecule has 0 aliphatic heterocycles. The van der Waals surface area contributed by atoms with Crippen molar-refractivity contribution in [3.05, 3.63) is 235 Å². The van der Waals surface area contributed by atoms with Crippen LogP contribution >= 0.6 is 0 Å². The molecule has 0 N–H and O–H groups in total. The Bertz CT molecular complexity index is 4110. The zero-order valence-corrected chi connectivity index (χ0v) is 34.1. The van der Waals surface area contributed by atoms with Gasteiger partial charge in [-0.15, -0.1) is 0 Å². The standard InChI is InChI=1S/C61H35NO/c1-2-15-40-39(14-1)48-33-37(62-57-26-11-6-19-45(57)52-32-36(28-31-58(52)62)38-21-13-22-47-46-20-7-12-27-59(46)63-60(38)47)29-30-41(48)50-35-56-51(34-49(40)50)44-18-5-10-25-55(44)61(56)53-23-8-3-16-42(53)43-17-4-9-24-54(43)61/h1-35H. The van der Waals surface area contributed by atoms with Gasteiger partial charge in [0.1, 0.15) is 11.2 Å². The van der Waals surface area contributed by atoms with Gasteiger partial charge < -0.3 is 8.98 Å². The minimum Gasteiger partial charge on any atom is -0.455 e. The fourth-order valence-corrected chi connectivity index (χ4v) is 12.1. The molecule has 11 aromatic carbocycles. The summed E-state index contributed by atoms with van der Waals surface area (Å²) in [6, 6.07) is 79.1. The number of nitrogens with zero attached hydrogens (tertiary/aromatic N) is 1. The highest BCUT2D eigenvalue weighted by molar-refractivity contribution is 6.27. The molecule has 13 aromatic rings. The van der Waals surface area contributed by atoms with Crippen LogP contribution in [0.25, 0.3) is 115 Å². The molecule has 0 bridgehead atoms. The Morgan fingerprint density at radius 1 is 0.302 bits per heavy atom. The molecule has 2 nitrogen and oxygen atoms in total. The summed E-state index contributed by atoms with van der Waals surface area (Å²) >= 11 is 0. The van der Waals surface area contributed by atoms with E-state index >= 15 is 0 Å². The monoisotopic (exact) mass is 797 g/mol. The number of benzene rings is 11. The summed E-state index contributed by atoms with van der Waals surface area (Å²) in [4.78, 5) is 0. The third-order valence-electron chi connectivity index (χ3n) is 14.6. The molecule has 2 aromatic heterocycles. The number of hydrogen-bond acceptors (Lipinski definition) is 1. The van der Waals surface area contributed by atoms with E-state index in [1.807, 2.05) is 6.07 Å². The summed E-state index contributed by atoms with van der Waals surface area (Å²) in [5.41, 5.74) is 18.0. The Labute approximate surface area is 362 Å². The van der Waals surface area contributed by atoms with Crippen molar-refractivity contribution in [3.63, 3.8) is 0 Å². The fraction of sp³-hybridized carbons (Fsp3) is 0.0164. The smallest absolute Gasteiger partial charge is 0.143 e. The van der Waals surface area contributed by atoms with Gasteiger partial charge in [-0.3, -0.25) is 0 Å². The molecule has 63 heavy (non-hydrogen) atoms. The number of rotatable bonds is 2. The van der Waals surface area contributed by atoms with Gasteiger partial charge in [-0.1, -0.05) is 164 Å². The topological polar surface area (TPSA) is 18.1 Å². The van der Waals surface area contributed by atoms with E-state index in [0.29, 0.717) is 0 Å². The highest BCUT2D eigenvalue weighted by Crippen LogP contribution is 2.63. The van der Waals surface area contributed by atoms with Crippen LogP contribution in [0.5, 0.6) is 0 Å². The first kappa shape index (κ1) is 33.5. The molecule has 2 heteroatoms. The van der Waals surface area contributed by atoms with Gasteiger partial charge in [0, 0.05) is 32.8 Å². The molecule has 15 rings (SSSR count). The van der Waals surface area contributed by atoms with Gasteiger partial charge in [0.05, 0.1) is 16.4 Å². The third kappa shape index (κ3) is 4.18. The molecule has 2 aliphatic rings. The number of aromatic nitrogens is 1. The summed E-state index contributed by atoms with van der Waals surface area (Å²) in [6.45, 7) is 0. The van der Waals surface area contributed by atoms with Crippen LogP contribution in [0, 0.1) is 0 Å². The van der Waals surface area contributed by atoms with E-state index in [1.54, 1.807) is 0 Å². The van der Waals surface area contributed by atoms with Crippen molar-refractivity contribution in [1.82, 2.24) is 4.57 Å². The molecule has 0 atom stereocenters. The number of fused-ring (bicyclic) bond motifs is 22. The van der Waals surface area contributed by atoms with Gasteiger partial charge in [0.2, 0.25) is 0 Å². The number of para-hydroxylation sites is 3. The predicted octanol–water partition coefficient (Wildman–Crippen LogP) is 16.2. The summed E-state index contributed by atoms with van der Waals surface area (Å²) in [6.07, 6.45) is 0. The molecular weight excluding hydrogens is 763 g/mol. The second-order valence-electron chi connectivity index (χ2n) is 17.5. The van der Waals surface area contributed by atoms with Crippen LogP contribution in [0.15, 0.2) is 217 Å². The minimum atomic E-state index is -0.400. The molecule has 0 unspecified atom stereocenters. The van der Waals surface area contributed by atoms with Crippen molar-refractivity contribution in [1.29, 1.82) is 0 Å². The van der Waals surface area contributed by atoms with Crippen LogP contribution < -0.4 is 0 Å². The van der Waals surface area contributed by atoms with Gasteiger partial charge >= 0.3 is 0 Å². The molecule has 2 heterocycles. The van der Waals surface area contributed by atoms with Crippen LogP contribution in [0.4, 0.5) is 0 Å². The van der Waals surface area contributed by atoms with Crippen LogP contribution in [0.3, 0.4) is 0 Å². The van der Waals surface area contributed by atoms with Crippen molar-refractivity contribution < 1.29 is 4.42 Å². The zero-order valence-electron chi connectivity index (χ0n) is 34.1. The lowest BCUT2D eigenvalue weighted by atomic mass is 9.70. The van der Waals surface area contributed by atoms with E-state index in [2.05, 4.69) is 211 Å². The maximum absolute atomic E-state index is 6.51. The van der Waals surface area contributed by atoms with Crippen molar-refractivity contribution in [3.8, 4) is 39.1 Å². The summed E-state index contributed by atoms with van der Waals surface area (Å²) < 4.78 is 8.97. The highest BCUT2D eigenvalue weighted by Gasteiger charge is 2.51. The zero-order chi connectivity index (χ0) is 41.0. The van der Waals surface area contributed by atoms with Crippen molar-refractivity contribution in [2.75, 3.05) is 0 Å². The summed E-state index contributed by atoms with van der Waals surface area (Å²) in [7, 11) is 0. The third-order valence-corrected chi connectivity index (χ3v) is 14.6. The van der Waals surface area contributed by atoms with Crippen molar-refractivity contribution in [2.24, 2.45) is 0 Å². The van der Waals surface area contributed by atoms with Crippen LogP contribution in [0.1, 0.15) is 22.3 Å². The number of furan rings is 1. The molecule has 0 saturated heterocycles. The van der Waals surface area contributed by atoms with Gasteiger partial charge in [-0.05, 0) is 131 Å². The lowest BCUT2D eigenvalue weighted by Crippen LogP contribution is -2.25. The molecule has 0 amide bonds. The molecule has 2 aliphatic carbocycles. The average Bonchev–Trinajstić information content (AvgIpc) is 4.07. The maximum atomic E-state index is 6.51. The Morgan fingerprint density at radius 2 is 0.841 bits per heavy atom. The van der Waals surface area contributed by atoms with E-state index in [0.717, 1.165) is 38.8 Å². The first-order valence-corrected chi connectivity index (χ1v) is 21.9. The first-order chi connectivity index (χ1) is 31.3. The Morgan fingerprint density at radius 3 is 1.59 bits per heavy atom. The van der Waals surface area contributed by atoms with E-state index in [9.17, 15) is 0 Å². The average molecular weight is 798 g/mol. The highest BCUT2D eigenvalue weighted by atomic mass is 16.3. The molecule has 0 radical (unpaired) electrons. The normalized spacial score (nSPS) is 13.5. The molecule has 1 spiro atoms. The van der Waals surface area contributed by atoms with E-state index in [4.69, 9.17) is 4.42 Å². The summed E-state index contributed by atoms with van der Waals surface area (Å²) in [5, 5.41) is 12.4. The lowest BCUT2D eigenvalue weighted by Gasteiger charge is -2.30. The SMILES string of the molecule is c1ccc2c(c1)-c1ccccc1C21c2ccccc2-c2cc3c4ccccc4c4cc(-n5c6ccccc6c6cc(-c7cccc8c7oc7ccccc78)ccc65)ccc4c3cc21. The maximum Gasteiger partial charge on any atom is 0.143 e. The fourth-order valence-electron chi connectivity index (χ4n) is 12.1. The van der Waals surface area contributed by atoms with Crippen LogP contribution in [0.2, 0.25) is 0 Å². The Kier molecular flexibility index (Phi) is 6.38. The van der Waals surface area contributed by atoms with Crippen LogP contribution in [-0.2, 0) is 5.41 Å². The minimum absolute atomic E-state index is 0.400. The Balaban J connectivity index is 0.982. The lowest BCUT2D eigenvalue weighted by molar-refractivity contribution is 0.670. The molecule has 290 valence electrons. The quantitative estimate of drug-likeness (QED) is 0.159. The van der Waals surface area contributed by atoms with Crippen molar-refractivity contribution >= 4 is 76.1 Å². The number of hydrogen-bond donors (Lipinski definition) is 0. The van der Waals surface area contributed by atoms with E-state index < -0.39 is 5.41 Å². The second-order valence-corrected chi connectivity index (χ2v) is 17.5. The first-order valence-electron chi connectivity index (χ1n) is 21.9. The Hall–Kier alpha value is -8.20. The predicted molar refractivity (Wildman–Crippen MR) is 262 cm³/mol. The molecular formula is C61H35NO. The van der Waals surface area contributed by atoms with Gasteiger partial charge in [0.15, 0.2) is 0 Å². The second kappa shape index (κ2) is 12.0. The largest absolute Gasteiger partial charge is 0.455 e. The molecule has 0 fully saturated rings. The van der Waals surface area contributed by atoms with Gasteiger partial charge in [-0.25, -0.2) is 0 Å². The summed E-state index contributed by atoms with van der Waals surface area (Å²) in [5.74, 6) is 0. The van der Waals surface area contributed by atoms with E-state index in [-0.39, 0.29) is 0 Å². The van der Waals surface area contributed by atoms with E-state index in [1.165, 1.54) is 98.6 Å². The molecule has 0 saturated carbocycles. The van der Waals surface area contributed by atoms with Gasteiger partial charge in [0.25, 0.3) is 0 Å². The van der Waals surface area contributed by atoms with Crippen molar-refractivity contribution in [2.45, 2.75) is 5.41 Å². The van der Waals surface area contributed by atoms with Gasteiger partial charge in [-0.2, -0.15) is 0 Å². The van der Waals surface area contributed by atoms with Crippen LogP contribution in [-0.4, -0.2) is 4.57 Å².